The van der Waals surface area contributed by atoms with Crippen molar-refractivity contribution < 1.29 is 14.3 Å². The molecule has 0 saturated heterocycles. The molecule has 28 heavy (non-hydrogen) atoms. The Balaban J connectivity index is 1.86. The third kappa shape index (κ3) is 3.16. The summed E-state index contributed by atoms with van der Waals surface area (Å²) in [6.07, 6.45) is 0.746. The van der Waals surface area contributed by atoms with Crippen LogP contribution in [0, 0.1) is 6.92 Å². The zero-order valence-corrected chi connectivity index (χ0v) is 16.2. The van der Waals surface area contributed by atoms with Crippen molar-refractivity contribution >= 4 is 40.0 Å². The second-order valence-corrected chi connectivity index (χ2v) is 7.10. The van der Waals surface area contributed by atoms with Gasteiger partial charge in [-0.05, 0) is 55.0 Å². The average molecular weight is 396 g/mol. The summed E-state index contributed by atoms with van der Waals surface area (Å²) < 4.78 is 7.06. The third-order valence-electron chi connectivity index (χ3n) is 4.92. The highest BCUT2D eigenvalue weighted by Gasteiger charge is 2.23. The zero-order valence-electron chi connectivity index (χ0n) is 15.5. The van der Waals surface area contributed by atoms with Gasteiger partial charge in [0.15, 0.2) is 0 Å². The monoisotopic (exact) mass is 395 g/mol. The van der Waals surface area contributed by atoms with Crippen molar-refractivity contribution in [1.82, 2.24) is 9.99 Å². The van der Waals surface area contributed by atoms with Crippen molar-refractivity contribution in [3.05, 3.63) is 64.3 Å². The molecule has 0 spiro atoms. The van der Waals surface area contributed by atoms with E-state index in [1.807, 2.05) is 25.1 Å². The smallest absolute Gasteiger partial charge is 0.262 e. The summed E-state index contributed by atoms with van der Waals surface area (Å²) in [5, 5.41) is 5.58. The number of amides is 1. The molecule has 7 heteroatoms. The molecule has 0 bridgehead atoms. The Bertz CT molecular complexity index is 1130. The van der Waals surface area contributed by atoms with Gasteiger partial charge in [-0.2, -0.15) is 5.10 Å². The van der Waals surface area contributed by atoms with E-state index in [4.69, 9.17) is 16.3 Å². The highest BCUT2D eigenvalue weighted by Crippen LogP contribution is 2.31. The van der Waals surface area contributed by atoms with Crippen molar-refractivity contribution in [2.45, 2.75) is 19.8 Å². The lowest BCUT2D eigenvalue weighted by molar-refractivity contribution is -0.119. The van der Waals surface area contributed by atoms with E-state index < -0.39 is 0 Å². The fraction of sp³-hybridized carbons (Fsp3) is 0.190. The molecule has 0 fully saturated rings. The predicted octanol–water partition coefficient (Wildman–Crippen LogP) is 3.72. The maximum absolute atomic E-state index is 13.2. The molecule has 142 valence electrons. The van der Waals surface area contributed by atoms with Gasteiger partial charge in [-0.15, -0.1) is 0 Å². The molecule has 1 amide bonds. The molecule has 1 aliphatic rings. The van der Waals surface area contributed by atoms with Gasteiger partial charge in [0.1, 0.15) is 5.75 Å². The zero-order chi connectivity index (χ0) is 19.8. The molecule has 2 aromatic carbocycles. The first-order valence-electron chi connectivity index (χ1n) is 8.80. The molecule has 1 aromatic heterocycles. The number of hydrogen-bond acceptors (Lipinski definition) is 4. The fourth-order valence-electron chi connectivity index (χ4n) is 3.51. The van der Waals surface area contributed by atoms with Gasteiger partial charge in [0.2, 0.25) is 5.91 Å². The Kier molecular flexibility index (Phi) is 4.65. The minimum absolute atomic E-state index is 0.119. The number of hydrazone groups is 1. The van der Waals surface area contributed by atoms with Gasteiger partial charge >= 0.3 is 0 Å². The van der Waals surface area contributed by atoms with Gasteiger partial charge in [0.25, 0.3) is 5.91 Å². The lowest BCUT2D eigenvalue weighted by Gasteiger charge is -2.08. The van der Waals surface area contributed by atoms with Crippen molar-refractivity contribution in [1.29, 1.82) is 0 Å². The molecule has 0 aliphatic carbocycles. The molecule has 0 atom stereocenters. The van der Waals surface area contributed by atoms with E-state index >= 15 is 0 Å². The molecule has 0 saturated carbocycles. The SMILES string of the molecule is COc1ccc2c(c1)c(CC1=NNC(=O)C1)c(C)n2C(=O)c1ccc(Cl)cc1. The van der Waals surface area contributed by atoms with Crippen LogP contribution in [0.5, 0.6) is 5.75 Å². The van der Waals surface area contributed by atoms with Crippen LogP contribution < -0.4 is 10.2 Å². The first-order chi connectivity index (χ1) is 13.5. The van der Waals surface area contributed by atoms with Crippen LogP contribution in [0.2, 0.25) is 5.02 Å². The first kappa shape index (κ1) is 18.3. The van der Waals surface area contributed by atoms with Gasteiger partial charge in [-0.1, -0.05) is 11.6 Å². The minimum atomic E-state index is -0.141. The summed E-state index contributed by atoms with van der Waals surface area (Å²) >= 11 is 5.95. The third-order valence-corrected chi connectivity index (χ3v) is 5.17. The van der Waals surface area contributed by atoms with Crippen LogP contribution in [0.4, 0.5) is 0 Å². The Morgan fingerprint density at radius 2 is 2.00 bits per heavy atom. The fourth-order valence-corrected chi connectivity index (χ4v) is 3.63. The van der Waals surface area contributed by atoms with Gasteiger partial charge in [0.05, 0.1) is 24.8 Å². The second kappa shape index (κ2) is 7.13. The number of carbonyl (C=O) groups excluding carboxylic acids is 2. The molecular weight excluding hydrogens is 378 g/mol. The molecular formula is C21H18ClN3O3. The number of aromatic nitrogens is 1. The van der Waals surface area contributed by atoms with Gasteiger partial charge < -0.3 is 4.74 Å². The van der Waals surface area contributed by atoms with Crippen LogP contribution in [0.25, 0.3) is 10.9 Å². The van der Waals surface area contributed by atoms with Crippen molar-refractivity contribution in [3.63, 3.8) is 0 Å². The summed E-state index contributed by atoms with van der Waals surface area (Å²) in [6.45, 7) is 1.90. The van der Waals surface area contributed by atoms with E-state index in [0.29, 0.717) is 22.8 Å². The average Bonchev–Trinajstić information content (AvgIpc) is 3.22. The first-order valence-corrected chi connectivity index (χ1v) is 9.18. The van der Waals surface area contributed by atoms with Crippen LogP contribution in [-0.2, 0) is 11.2 Å². The summed E-state index contributed by atoms with van der Waals surface area (Å²) in [5.41, 5.74) is 6.31. The standard InChI is InChI=1S/C21H18ClN3O3/c1-12-17(9-15-10-20(26)24-23-15)18-11-16(28-2)7-8-19(18)25(12)21(27)13-3-5-14(22)6-4-13/h3-8,11H,9-10H2,1-2H3,(H,24,26). The van der Waals surface area contributed by atoms with Crippen molar-refractivity contribution in [2.75, 3.05) is 7.11 Å². The molecule has 1 aliphatic heterocycles. The van der Waals surface area contributed by atoms with Crippen LogP contribution in [0.3, 0.4) is 0 Å². The number of nitrogens with one attached hydrogen (secondary N) is 1. The number of hydrogen-bond donors (Lipinski definition) is 1. The van der Waals surface area contributed by atoms with E-state index in [1.165, 1.54) is 0 Å². The summed E-state index contributed by atoms with van der Waals surface area (Å²) in [7, 11) is 1.60. The number of nitrogens with zero attached hydrogens (tertiary/aromatic N) is 2. The van der Waals surface area contributed by atoms with Crippen LogP contribution in [0.1, 0.15) is 28.0 Å². The largest absolute Gasteiger partial charge is 0.497 e. The topological polar surface area (TPSA) is 72.7 Å². The Labute approximate surface area is 166 Å². The van der Waals surface area contributed by atoms with Crippen LogP contribution in [-0.4, -0.2) is 29.2 Å². The number of ether oxygens (including phenoxy) is 1. The van der Waals surface area contributed by atoms with E-state index in [0.717, 1.165) is 27.9 Å². The molecule has 6 nitrogen and oxygen atoms in total. The van der Waals surface area contributed by atoms with E-state index in [1.54, 1.807) is 35.9 Å². The minimum Gasteiger partial charge on any atom is -0.497 e. The molecule has 2 heterocycles. The van der Waals surface area contributed by atoms with E-state index in [2.05, 4.69) is 10.5 Å². The summed E-state index contributed by atoms with van der Waals surface area (Å²) in [6, 6.07) is 12.4. The van der Waals surface area contributed by atoms with E-state index in [-0.39, 0.29) is 18.2 Å². The Morgan fingerprint density at radius 3 is 2.64 bits per heavy atom. The second-order valence-electron chi connectivity index (χ2n) is 6.66. The quantitative estimate of drug-likeness (QED) is 0.731. The van der Waals surface area contributed by atoms with Gasteiger partial charge in [-0.25, -0.2) is 5.43 Å². The maximum atomic E-state index is 13.2. The number of fused-ring (bicyclic) bond motifs is 1. The Hall–Kier alpha value is -3.12. The number of methoxy groups -OCH3 is 1. The summed E-state index contributed by atoms with van der Waals surface area (Å²) in [4.78, 5) is 24.7. The van der Waals surface area contributed by atoms with Crippen molar-refractivity contribution in [3.8, 4) is 5.75 Å². The van der Waals surface area contributed by atoms with Gasteiger partial charge in [-0.3, -0.25) is 14.2 Å². The normalized spacial score (nSPS) is 13.5. The molecule has 3 aromatic rings. The Morgan fingerprint density at radius 1 is 1.25 bits per heavy atom. The highest BCUT2D eigenvalue weighted by molar-refractivity contribution is 6.30. The predicted molar refractivity (Wildman–Crippen MR) is 108 cm³/mol. The maximum Gasteiger partial charge on any atom is 0.262 e. The highest BCUT2D eigenvalue weighted by atomic mass is 35.5. The van der Waals surface area contributed by atoms with E-state index in [9.17, 15) is 9.59 Å². The molecule has 4 rings (SSSR count). The lowest BCUT2D eigenvalue weighted by atomic mass is 10.0. The molecule has 0 unspecified atom stereocenters. The number of carbonyl (C=O) groups is 2. The molecule has 0 radical (unpaired) electrons. The number of rotatable bonds is 4. The van der Waals surface area contributed by atoms with Crippen LogP contribution in [0.15, 0.2) is 47.6 Å². The number of halogens is 1. The number of benzene rings is 2. The van der Waals surface area contributed by atoms with Gasteiger partial charge in [0, 0.05) is 28.1 Å². The summed E-state index contributed by atoms with van der Waals surface area (Å²) in [5.74, 6) is 0.441. The molecule has 1 N–H and O–H groups in total. The van der Waals surface area contributed by atoms with Crippen LogP contribution >= 0.6 is 11.6 Å². The lowest BCUT2D eigenvalue weighted by Crippen LogP contribution is -2.14. The van der Waals surface area contributed by atoms with Crippen molar-refractivity contribution in [2.24, 2.45) is 5.10 Å².